The Balaban J connectivity index is 2.86. The summed E-state index contributed by atoms with van der Waals surface area (Å²) in [6.07, 6.45) is -0.733. The first-order chi connectivity index (χ1) is 9.01. The molecule has 0 amide bonds. The van der Waals surface area contributed by atoms with E-state index in [9.17, 15) is 5.11 Å². The topological polar surface area (TPSA) is 62.2 Å². The number of benzene rings is 1. The smallest absolute Gasteiger partial charge is 0.123 e. The largest absolute Gasteiger partial charge is 0.496 e. The summed E-state index contributed by atoms with van der Waals surface area (Å²) < 4.78 is 10.7. The van der Waals surface area contributed by atoms with Crippen molar-refractivity contribution in [3.63, 3.8) is 0 Å². The van der Waals surface area contributed by atoms with Crippen molar-refractivity contribution in [2.75, 3.05) is 34.4 Å². The molecule has 1 rings (SSSR count). The van der Waals surface area contributed by atoms with Crippen molar-refractivity contribution < 1.29 is 19.7 Å². The number of nitrogens with zero attached hydrogens (tertiary/aromatic N) is 1. The summed E-state index contributed by atoms with van der Waals surface area (Å²) in [5.41, 5.74) is 2.00. The molecule has 19 heavy (non-hydrogen) atoms. The zero-order valence-electron chi connectivity index (χ0n) is 12.0. The monoisotopic (exact) mass is 269 g/mol. The minimum absolute atomic E-state index is 0.237. The number of hydrogen-bond donors (Lipinski definition) is 2. The number of aryl methyl sites for hydroxylation is 1. The molecule has 0 saturated heterocycles. The molecule has 1 aromatic carbocycles. The van der Waals surface area contributed by atoms with Crippen LogP contribution in [0.25, 0.3) is 0 Å². The van der Waals surface area contributed by atoms with Crippen LogP contribution in [0.5, 0.6) is 11.5 Å². The average Bonchev–Trinajstić information content (AvgIpc) is 2.39. The zero-order valence-corrected chi connectivity index (χ0v) is 12.0. The van der Waals surface area contributed by atoms with Crippen LogP contribution in [-0.4, -0.2) is 55.6 Å². The van der Waals surface area contributed by atoms with E-state index < -0.39 is 6.10 Å². The van der Waals surface area contributed by atoms with E-state index in [1.165, 1.54) is 0 Å². The lowest BCUT2D eigenvalue weighted by Crippen LogP contribution is -2.31. The molecule has 2 N–H and O–H groups in total. The lowest BCUT2D eigenvalue weighted by Gasteiger charge is -2.21. The molecule has 0 fully saturated rings. The van der Waals surface area contributed by atoms with E-state index in [-0.39, 0.29) is 6.61 Å². The molecule has 0 saturated carbocycles. The van der Waals surface area contributed by atoms with Gasteiger partial charge >= 0.3 is 0 Å². The number of methoxy groups -OCH3 is 2. The Hall–Kier alpha value is -1.30. The summed E-state index contributed by atoms with van der Waals surface area (Å²) in [6.45, 7) is 2.73. The highest BCUT2D eigenvalue weighted by Crippen LogP contribution is 2.28. The summed E-state index contributed by atoms with van der Waals surface area (Å²) in [6, 6.07) is 3.88. The molecule has 0 spiro atoms. The van der Waals surface area contributed by atoms with Crippen molar-refractivity contribution in [2.45, 2.75) is 19.6 Å². The van der Waals surface area contributed by atoms with Gasteiger partial charge in [-0.2, -0.15) is 0 Å². The van der Waals surface area contributed by atoms with Gasteiger partial charge in [0.25, 0.3) is 0 Å². The normalized spacial score (nSPS) is 12.6. The molecule has 108 valence electrons. The lowest BCUT2D eigenvalue weighted by atomic mass is 10.1. The molecule has 0 aromatic heterocycles. The Morgan fingerprint density at radius 1 is 1.21 bits per heavy atom. The van der Waals surface area contributed by atoms with Crippen LogP contribution in [0.3, 0.4) is 0 Å². The van der Waals surface area contributed by atoms with Crippen LogP contribution in [0.15, 0.2) is 12.1 Å². The van der Waals surface area contributed by atoms with E-state index in [0.717, 1.165) is 22.6 Å². The van der Waals surface area contributed by atoms with Crippen LogP contribution >= 0.6 is 0 Å². The van der Waals surface area contributed by atoms with Gasteiger partial charge in [0.05, 0.1) is 26.9 Å². The maximum Gasteiger partial charge on any atom is 0.123 e. The van der Waals surface area contributed by atoms with E-state index in [4.69, 9.17) is 14.6 Å². The third-order valence-electron chi connectivity index (χ3n) is 2.97. The molecule has 5 nitrogen and oxygen atoms in total. The maximum absolute atomic E-state index is 9.43. The van der Waals surface area contributed by atoms with E-state index in [2.05, 4.69) is 0 Å². The second-order valence-corrected chi connectivity index (χ2v) is 4.67. The summed E-state index contributed by atoms with van der Waals surface area (Å²) in [5, 5.41) is 18.3. The maximum atomic E-state index is 9.43. The van der Waals surface area contributed by atoms with Crippen LogP contribution in [-0.2, 0) is 6.54 Å². The van der Waals surface area contributed by atoms with E-state index in [0.29, 0.717) is 13.1 Å². The summed E-state index contributed by atoms with van der Waals surface area (Å²) >= 11 is 0. The molecule has 1 atom stereocenters. The molecular weight excluding hydrogens is 246 g/mol. The standard InChI is InChI=1S/C14H23NO4/c1-10-5-14(19-4)11(6-13(10)18-3)7-15(2)8-12(17)9-16/h5-6,12,16-17H,7-9H2,1-4H3. The first kappa shape index (κ1) is 15.8. The Kier molecular flexibility index (Phi) is 6.08. The number of ether oxygens (including phenoxy) is 2. The predicted molar refractivity (Wildman–Crippen MR) is 73.7 cm³/mol. The molecule has 1 aromatic rings. The van der Waals surface area contributed by atoms with Crippen LogP contribution < -0.4 is 9.47 Å². The molecule has 0 radical (unpaired) electrons. The third kappa shape index (κ3) is 4.38. The van der Waals surface area contributed by atoms with Gasteiger partial charge in [0.1, 0.15) is 11.5 Å². The number of aliphatic hydroxyl groups excluding tert-OH is 2. The van der Waals surface area contributed by atoms with Gasteiger partial charge in [0.2, 0.25) is 0 Å². The molecule has 5 heteroatoms. The van der Waals surface area contributed by atoms with Crippen LogP contribution in [0.1, 0.15) is 11.1 Å². The summed E-state index contributed by atoms with van der Waals surface area (Å²) in [4.78, 5) is 1.92. The van der Waals surface area contributed by atoms with Gasteiger partial charge in [0.15, 0.2) is 0 Å². The van der Waals surface area contributed by atoms with Crippen molar-refractivity contribution in [3.05, 3.63) is 23.3 Å². The fraction of sp³-hybridized carbons (Fsp3) is 0.571. The number of likely N-dealkylation sites (N-methyl/N-ethyl adjacent to an activating group) is 1. The number of aliphatic hydroxyl groups is 2. The van der Waals surface area contributed by atoms with Gasteiger partial charge in [-0.25, -0.2) is 0 Å². The van der Waals surface area contributed by atoms with Crippen molar-refractivity contribution in [1.82, 2.24) is 4.90 Å². The molecule has 0 heterocycles. The SMILES string of the molecule is COc1cc(CN(C)CC(O)CO)c(OC)cc1C. The first-order valence-electron chi connectivity index (χ1n) is 6.20. The van der Waals surface area contributed by atoms with E-state index >= 15 is 0 Å². The fourth-order valence-corrected chi connectivity index (χ4v) is 2.01. The molecule has 0 aliphatic rings. The molecule has 0 bridgehead atoms. The van der Waals surface area contributed by atoms with Crippen molar-refractivity contribution >= 4 is 0 Å². The Labute approximate surface area is 114 Å². The van der Waals surface area contributed by atoms with Gasteiger partial charge in [-0.05, 0) is 31.7 Å². The summed E-state index contributed by atoms with van der Waals surface area (Å²) in [5.74, 6) is 1.61. The first-order valence-corrected chi connectivity index (χ1v) is 6.20. The van der Waals surface area contributed by atoms with Crippen LogP contribution in [0.2, 0.25) is 0 Å². The van der Waals surface area contributed by atoms with Crippen molar-refractivity contribution in [2.24, 2.45) is 0 Å². The van der Waals surface area contributed by atoms with Crippen LogP contribution in [0.4, 0.5) is 0 Å². The van der Waals surface area contributed by atoms with E-state index in [1.807, 2.05) is 31.0 Å². The third-order valence-corrected chi connectivity index (χ3v) is 2.97. The molecule has 0 aliphatic heterocycles. The lowest BCUT2D eigenvalue weighted by molar-refractivity contribution is 0.0646. The van der Waals surface area contributed by atoms with Gasteiger partial charge in [-0.15, -0.1) is 0 Å². The Morgan fingerprint density at radius 3 is 2.37 bits per heavy atom. The second-order valence-electron chi connectivity index (χ2n) is 4.67. The average molecular weight is 269 g/mol. The van der Waals surface area contributed by atoms with Crippen molar-refractivity contribution in [1.29, 1.82) is 0 Å². The fourth-order valence-electron chi connectivity index (χ4n) is 2.01. The predicted octanol–water partition coefficient (Wildman–Crippen LogP) is 0.797. The van der Waals surface area contributed by atoms with E-state index in [1.54, 1.807) is 14.2 Å². The van der Waals surface area contributed by atoms with Gasteiger partial charge in [0, 0.05) is 18.7 Å². The highest BCUT2D eigenvalue weighted by atomic mass is 16.5. The number of rotatable bonds is 7. The minimum atomic E-state index is -0.733. The second kappa shape index (κ2) is 7.33. The van der Waals surface area contributed by atoms with Gasteiger partial charge < -0.3 is 19.7 Å². The highest BCUT2D eigenvalue weighted by molar-refractivity contribution is 5.45. The van der Waals surface area contributed by atoms with Gasteiger partial charge in [-0.3, -0.25) is 4.90 Å². The van der Waals surface area contributed by atoms with Gasteiger partial charge in [-0.1, -0.05) is 0 Å². The minimum Gasteiger partial charge on any atom is -0.496 e. The number of hydrogen-bond acceptors (Lipinski definition) is 5. The molecular formula is C14H23NO4. The Morgan fingerprint density at radius 2 is 1.84 bits per heavy atom. The molecule has 1 unspecified atom stereocenters. The molecule has 0 aliphatic carbocycles. The zero-order chi connectivity index (χ0) is 14.4. The summed E-state index contributed by atoms with van der Waals surface area (Å²) in [7, 11) is 5.15. The quantitative estimate of drug-likeness (QED) is 0.766. The van der Waals surface area contributed by atoms with Crippen LogP contribution in [0, 0.1) is 6.92 Å². The Bertz CT molecular complexity index is 409. The van der Waals surface area contributed by atoms with Crippen molar-refractivity contribution in [3.8, 4) is 11.5 Å². The highest BCUT2D eigenvalue weighted by Gasteiger charge is 2.12.